The van der Waals surface area contributed by atoms with E-state index in [0.29, 0.717) is 0 Å². The number of aryl methyl sites for hydroxylation is 1. The van der Waals surface area contributed by atoms with Gasteiger partial charge in [-0.2, -0.15) is 0 Å². The minimum Gasteiger partial charge on any atom is -0.448 e. The highest BCUT2D eigenvalue weighted by Gasteiger charge is 2.06. The monoisotopic (exact) mass is 212 g/mol. The van der Waals surface area contributed by atoms with Gasteiger partial charge in [0.15, 0.2) is 6.39 Å². The molecule has 0 aliphatic heterocycles. The maximum absolute atomic E-state index is 5.34. The Labute approximate surface area is 91.0 Å². The van der Waals surface area contributed by atoms with Crippen LogP contribution in [0.2, 0.25) is 0 Å². The maximum Gasteiger partial charge on any atom is 0.181 e. The Bertz CT molecular complexity index is 236. The average Bonchev–Trinajstić information content (AvgIpc) is 2.67. The second-order valence-corrected chi connectivity index (χ2v) is 3.50. The van der Waals surface area contributed by atoms with Crippen molar-refractivity contribution in [1.29, 1.82) is 0 Å². The summed E-state index contributed by atoms with van der Waals surface area (Å²) < 4.78 is 10.3. The molecule has 1 rings (SSSR count). The molecular weight excluding hydrogens is 192 g/mol. The molecule has 0 aromatic carbocycles. The van der Waals surface area contributed by atoms with E-state index in [9.17, 15) is 0 Å². The fourth-order valence-corrected chi connectivity index (χ4v) is 1.40. The van der Waals surface area contributed by atoms with Crippen molar-refractivity contribution >= 4 is 0 Å². The largest absolute Gasteiger partial charge is 0.448 e. The number of ether oxygens (including phenoxy) is 1. The summed E-state index contributed by atoms with van der Waals surface area (Å²) in [6.45, 7) is 4.73. The molecule has 15 heavy (non-hydrogen) atoms. The molecule has 4 heteroatoms. The quantitative estimate of drug-likeness (QED) is 0.667. The van der Waals surface area contributed by atoms with Crippen LogP contribution in [0.4, 0.5) is 0 Å². The van der Waals surface area contributed by atoms with Crippen LogP contribution in [0, 0.1) is 0 Å². The molecule has 4 nitrogen and oxygen atoms in total. The van der Waals surface area contributed by atoms with Crippen molar-refractivity contribution < 1.29 is 9.15 Å². The number of nitrogens with one attached hydrogen (secondary N) is 1. The lowest BCUT2D eigenvalue weighted by molar-refractivity contribution is 0.193. The zero-order valence-corrected chi connectivity index (χ0v) is 9.58. The molecule has 0 aliphatic carbocycles. The minimum atomic E-state index is 0.766. The lowest BCUT2D eigenvalue weighted by atomic mass is 10.2. The fourth-order valence-electron chi connectivity index (χ4n) is 1.40. The molecule has 1 heterocycles. The van der Waals surface area contributed by atoms with E-state index in [4.69, 9.17) is 9.15 Å². The van der Waals surface area contributed by atoms with Crippen molar-refractivity contribution in [2.45, 2.75) is 32.7 Å². The summed E-state index contributed by atoms with van der Waals surface area (Å²) in [5, 5.41) is 3.31. The fraction of sp³-hybridized carbons (Fsp3) is 0.727. The van der Waals surface area contributed by atoms with Gasteiger partial charge in [0, 0.05) is 26.7 Å². The number of aromatic nitrogens is 1. The van der Waals surface area contributed by atoms with Crippen LogP contribution in [0.15, 0.2) is 10.8 Å². The van der Waals surface area contributed by atoms with Crippen molar-refractivity contribution in [2.75, 3.05) is 20.3 Å². The highest BCUT2D eigenvalue weighted by Crippen LogP contribution is 2.09. The molecule has 0 aliphatic rings. The predicted octanol–water partition coefficient (Wildman–Crippen LogP) is 1.75. The third-order valence-corrected chi connectivity index (χ3v) is 2.20. The van der Waals surface area contributed by atoms with Crippen LogP contribution in [0.25, 0.3) is 0 Å². The van der Waals surface area contributed by atoms with Crippen molar-refractivity contribution in [2.24, 2.45) is 0 Å². The zero-order valence-electron chi connectivity index (χ0n) is 9.58. The summed E-state index contributed by atoms with van der Waals surface area (Å²) in [4.78, 5) is 4.20. The number of nitrogens with zero attached hydrogens (tertiary/aromatic N) is 1. The number of hydrogen-bond acceptors (Lipinski definition) is 4. The SMILES string of the molecule is CCCNCc1ncoc1CCCOC. The zero-order chi connectivity index (χ0) is 10.9. The summed E-state index contributed by atoms with van der Waals surface area (Å²) >= 11 is 0. The lowest BCUT2D eigenvalue weighted by Crippen LogP contribution is -2.15. The first-order valence-corrected chi connectivity index (χ1v) is 5.49. The molecule has 0 spiro atoms. The van der Waals surface area contributed by atoms with E-state index in [1.54, 1.807) is 7.11 Å². The Morgan fingerprint density at radius 1 is 1.53 bits per heavy atom. The molecule has 1 aromatic heterocycles. The second kappa shape index (κ2) is 7.43. The molecule has 0 bridgehead atoms. The van der Waals surface area contributed by atoms with Gasteiger partial charge in [-0.3, -0.25) is 0 Å². The Morgan fingerprint density at radius 2 is 2.40 bits per heavy atom. The summed E-state index contributed by atoms with van der Waals surface area (Å²) in [5.41, 5.74) is 1.03. The smallest absolute Gasteiger partial charge is 0.181 e. The molecule has 0 atom stereocenters. The molecule has 86 valence electrons. The van der Waals surface area contributed by atoms with Crippen molar-refractivity contribution in [3.05, 3.63) is 17.8 Å². The number of hydrogen-bond donors (Lipinski definition) is 1. The predicted molar refractivity (Wildman–Crippen MR) is 58.7 cm³/mol. The van der Waals surface area contributed by atoms with Gasteiger partial charge in [-0.1, -0.05) is 6.92 Å². The first-order valence-electron chi connectivity index (χ1n) is 5.49. The summed E-state index contributed by atoms with van der Waals surface area (Å²) in [6.07, 6.45) is 4.53. The molecule has 0 saturated heterocycles. The maximum atomic E-state index is 5.34. The van der Waals surface area contributed by atoms with Crippen molar-refractivity contribution in [1.82, 2.24) is 10.3 Å². The van der Waals surface area contributed by atoms with Gasteiger partial charge in [0.2, 0.25) is 0 Å². The molecule has 0 unspecified atom stereocenters. The topological polar surface area (TPSA) is 47.3 Å². The summed E-state index contributed by atoms with van der Waals surface area (Å²) in [7, 11) is 1.71. The van der Waals surface area contributed by atoms with Gasteiger partial charge in [-0.15, -0.1) is 0 Å². The third kappa shape index (κ3) is 4.44. The van der Waals surface area contributed by atoms with Crippen molar-refractivity contribution in [3.8, 4) is 0 Å². The van der Waals surface area contributed by atoms with Crippen LogP contribution in [-0.2, 0) is 17.7 Å². The van der Waals surface area contributed by atoms with E-state index in [1.165, 1.54) is 6.39 Å². The molecule has 0 fully saturated rings. The Balaban J connectivity index is 2.32. The van der Waals surface area contributed by atoms with Gasteiger partial charge in [-0.25, -0.2) is 4.98 Å². The van der Waals surface area contributed by atoms with Crippen LogP contribution < -0.4 is 5.32 Å². The molecule has 0 radical (unpaired) electrons. The van der Waals surface area contributed by atoms with E-state index in [1.807, 2.05) is 0 Å². The first-order chi connectivity index (χ1) is 7.38. The van der Waals surface area contributed by atoms with Crippen molar-refractivity contribution in [3.63, 3.8) is 0 Å². The number of rotatable bonds is 8. The van der Waals surface area contributed by atoms with E-state index in [-0.39, 0.29) is 0 Å². The lowest BCUT2D eigenvalue weighted by Gasteiger charge is -2.02. The van der Waals surface area contributed by atoms with Crippen LogP contribution in [-0.4, -0.2) is 25.2 Å². The van der Waals surface area contributed by atoms with E-state index < -0.39 is 0 Å². The minimum absolute atomic E-state index is 0.766. The highest BCUT2D eigenvalue weighted by atomic mass is 16.5. The van der Waals surface area contributed by atoms with Gasteiger partial charge in [0.05, 0.1) is 5.69 Å². The van der Waals surface area contributed by atoms with Gasteiger partial charge in [0.1, 0.15) is 5.76 Å². The van der Waals surface area contributed by atoms with Crippen LogP contribution in [0.3, 0.4) is 0 Å². The van der Waals surface area contributed by atoms with Gasteiger partial charge >= 0.3 is 0 Å². The van der Waals surface area contributed by atoms with Crippen LogP contribution in [0.1, 0.15) is 31.2 Å². The first kappa shape index (κ1) is 12.2. The average molecular weight is 212 g/mol. The molecule has 0 amide bonds. The Morgan fingerprint density at radius 3 is 3.13 bits per heavy atom. The molecule has 1 aromatic rings. The number of oxazole rings is 1. The highest BCUT2D eigenvalue weighted by molar-refractivity contribution is 5.06. The third-order valence-electron chi connectivity index (χ3n) is 2.20. The van der Waals surface area contributed by atoms with Gasteiger partial charge < -0.3 is 14.5 Å². The Kier molecular flexibility index (Phi) is 6.04. The molecule has 0 saturated carbocycles. The Hall–Kier alpha value is -0.870. The van der Waals surface area contributed by atoms with Crippen LogP contribution >= 0.6 is 0 Å². The molecular formula is C11H20N2O2. The summed E-state index contributed by atoms with van der Waals surface area (Å²) in [5.74, 6) is 0.982. The second-order valence-electron chi connectivity index (χ2n) is 3.50. The van der Waals surface area contributed by atoms with E-state index >= 15 is 0 Å². The van der Waals surface area contributed by atoms with Gasteiger partial charge in [0.25, 0.3) is 0 Å². The van der Waals surface area contributed by atoms with E-state index in [0.717, 1.165) is 50.4 Å². The number of methoxy groups -OCH3 is 1. The standard InChI is InChI=1S/C11H20N2O2/c1-3-6-12-8-10-11(15-9-13-10)5-4-7-14-2/h9,12H,3-8H2,1-2H3. The molecule has 1 N–H and O–H groups in total. The normalized spacial score (nSPS) is 10.8. The summed E-state index contributed by atoms with van der Waals surface area (Å²) in [6, 6.07) is 0. The van der Waals surface area contributed by atoms with Crippen LogP contribution in [0.5, 0.6) is 0 Å². The van der Waals surface area contributed by atoms with E-state index in [2.05, 4.69) is 17.2 Å². The van der Waals surface area contributed by atoms with Gasteiger partial charge in [-0.05, 0) is 19.4 Å².